The zero-order valence-corrected chi connectivity index (χ0v) is 8.70. The first kappa shape index (κ1) is 9.17. The van der Waals surface area contributed by atoms with Crippen LogP contribution >= 0.6 is 23.2 Å². The maximum absolute atomic E-state index is 5.99. The molecule has 1 aromatic carbocycles. The number of para-hydroxylation sites is 1. The molecule has 0 amide bonds. The number of benzene rings is 1. The van der Waals surface area contributed by atoms with Gasteiger partial charge in [0.25, 0.3) is 0 Å². The molecule has 0 heterocycles. The standard InChI is InChI=1S/C10H11Cl2N/c11-8-2-1-3-9(12)10(8)13-6-7-4-5-7/h1-3,7,13H,4-6H2. The van der Waals surface area contributed by atoms with E-state index in [2.05, 4.69) is 5.32 Å². The van der Waals surface area contributed by atoms with Gasteiger partial charge in [0.05, 0.1) is 15.7 Å². The van der Waals surface area contributed by atoms with E-state index in [4.69, 9.17) is 23.2 Å². The number of halogens is 2. The van der Waals surface area contributed by atoms with Crippen LogP contribution in [0.15, 0.2) is 18.2 Å². The molecule has 1 N–H and O–H groups in total. The second kappa shape index (κ2) is 3.77. The van der Waals surface area contributed by atoms with Gasteiger partial charge in [-0.25, -0.2) is 0 Å². The Morgan fingerprint density at radius 2 is 1.85 bits per heavy atom. The molecule has 70 valence electrons. The van der Waals surface area contributed by atoms with Gasteiger partial charge in [-0.1, -0.05) is 29.3 Å². The maximum Gasteiger partial charge on any atom is 0.0719 e. The molecule has 0 unspecified atom stereocenters. The van der Waals surface area contributed by atoms with Crippen LogP contribution in [0.4, 0.5) is 5.69 Å². The molecule has 1 aromatic rings. The van der Waals surface area contributed by atoms with Crippen molar-refractivity contribution >= 4 is 28.9 Å². The molecular formula is C10H11Cl2N. The largest absolute Gasteiger partial charge is 0.382 e. The van der Waals surface area contributed by atoms with Crippen molar-refractivity contribution in [3.8, 4) is 0 Å². The number of anilines is 1. The Labute approximate surface area is 88.0 Å². The normalized spacial score (nSPS) is 15.8. The van der Waals surface area contributed by atoms with Gasteiger partial charge in [-0.05, 0) is 30.9 Å². The first-order valence-electron chi connectivity index (χ1n) is 4.45. The highest BCUT2D eigenvalue weighted by Crippen LogP contribution is 2.33. The van der Waals surface area contributed by atoms with E-state index < -0.39 is 0 Å². The molecule has 1 aliphatic rings. The van der Waals surface area contributed by atoms with E-state index in [0.29, 0.717) is 10.0 Å². The second-order valence-electron chi connectivity index (χ2n) is 3.42. The summed E-state index contributed by atoms with van der Waals surface area (Å²) in [7, 11) is 0. The van der Waals surface area contributed by atoms with Gasteiger partial charge < -0.3 is 5.32 Å². The maximum atomic E-state index is 5.99. The van der Waals surface area contributed by atoms with Crippen molar-refractivity contribution in [3.63, 3.8) is 0 Å². The molecule has 0 saturated heterocycles. The van der Waals surface area contributed by atoms with Gasteiger partial charge in [0.15, 0.2) is 0 Å². The van der Waals surface area contributed by atoms with Crippen LogP contribution in [0.1, 0.15) is 12.8 Å². The highest BCUT2D eigenvalue weighted by atomic mass is 35.5. The van der Waals surface area contributed by atoms with E-state index in [-0.39, 0.29) is 0 Å². The molecule has 1 nitrogen and oxygen atoms in total. The van der Waals surface area contributed by atoms with Crippen LogP contribution in [0.5, 0.6) is 0 Å². The minimum atomic E-state index is 0.702. The lowest BCUT2D eigenvalue weighted by Gasteiger charge is -2.08. The lowest BCUT2D eigenvalue weighted by molar-refractivity contribution is 0.889. The van der Waals surface area contributed by atoms with Gasteiger partial charge in [0.2, 0.25) is 0 Å². The molecule has 0 spiro atoms. The van der Waals surface area contributed by atoms with E-state index in [1.54, 1.807) is 0 Å². The van der Waals surface area contributed by atoms with Crippen molar-refractivity contribution < 1.29 is 0 Å². The Hall–Kier alpha value is -0.400. The summed E-state index contributed by atoms with van der Waals surface area (Å²) in [5, 5.41) is 4.68. The molecule has 0 aromatic heterocycles. The Morgan fingerprint density at radius 1 is 1.23 bits per heavy atom. The first-order chi connectivity index (χ1) is 6.27. The molecule has 0 bridgehead atoms. The van der Waals surface area contributed by atoms with Crippen molar-refractivity contribution in [1.82, 2.24) is 0 Å². The molecular weight excluding hydrogens is 205 g/mol. The highest BCUT2D eigenvalue weighted by Gasteiger charge is 2.21. The van der Waals surface area contributed by atoms with E-state index >= 15 is 0 Å². The fourth-order valence-electron chi connectivity index (χ4n) is 1.24. The van der Waals surface area contributed by atoms with Gasteiger partial charge in [-0.3, -0.25) is 0 Å². The lowest BCUT2D eigenvalue weighted by atomic mass is 10.3. The topological polar surface area (TPSA) is 12.0 Å². The van der Waals surface area contributed by atoms with Gasteiger partial charge in [-0.2, -0.15) is 0 Å². The molecule has 1 saturated carbocycles. The highest BCUT2D eigenvalue weighted by molar-refractivity contribution is 6.39. The van der Waals surface area contributed by atoms with Crippen LogP contribution in [0, 0.1) is 5.92 Å². The summed E-state index contributed by atoms with van der Waals surface area (Å²) in [5.41, 5.74) is 0.873. The first-order valence-corrected chi connectivity index (χ1v) is 5.21. The molecule has 1 aliphatic carbocycles. The summed E-state index contributed by atoms with van der Waals surface area (Å²) in [5.74, 6) is 0.826. The van der Waals surface area contributed by atoms with Crippen LogP contribution in [-0.2, 0) is 0 Å². The number of hydrogen-bond donors (Lipinski definition) is 1. The second-order valence-corrected chi connectivity index (χ2v) is 4.24. The molecule has 0 atom stereocenters. The number of nitrogens with one attached hydrogen (secondary N) is 1. The molecule has 0 aliphatic heterocycles. The SMILES string of the molecule is Clc1cccc(Cl)c1NCC1CC1. The van der Waals surface area contributed by atoms with Crippen molar-refractivity contribution in [1.29, 1.82) is 0 Å². The predicted octanol–water partition coefficient (Wildman–Crippen LogP) is 3.82. The van der Waals surface area contributed by atoms with E-state index in [0.717, 1.165) is 18.2 Å². The minimum absolute atomic E-state index is 0.702. The quantitative estimate of drug-likeness (QED) is 0.809. The van der Waals surface area contributed by atoms with E-state index in [1.165, 1.54) is 12.8 Å². The Morgan fingerprint density at radius 3 is 2.38 bits per heavy atom. The van der Waals surface area contributed by atoms with Crippen molar-refractivity contribution in [2.75, 3.05) is 11.9 Å². The van der Waals surface area contributed by atoms with Gasteiger partial charge in [0.1, 0.15) is 0 Å². The fourth-order valence-corrected chi connectivity index (χ4v) is 1.77. The smallest absolute Gasteiger partial charge is 0.0719 e. The third-order valence-corrected chi connectivity index (χ3v) is 2.86. The predicted molar refractivity (Wildman–Crippen MR) is 57.7 cm³/mol. The summed E-state index contributed by atoms with van der Waals surface area (Å²) in [4.78, 5) is 0. The molecule has 1 fully saturated rings. The zero-order chi connectivity index (χ0) is 9.26. The zero-order valence-electron chi connectivity index (χ0n) is 7.19. The van der Waals surface area contributed by atoms with Crippen molar-refractivity contribution in [2.45, 2.75) is 12.8 Å². The third kappa shape index (κ3) is 2.29. The Kier molecular flexibility index (Phi) is 2.66. The summed E-state index contributed by atoms with van der Waals surface area (Å²) in [6.07, 6.45) is 2.66. The van der Waals surface area contributed by atoms with E-state index in [1.807, 2.05) is 18.2 Å². The van der Waals surface area contributed by atoms with Crippen LogP contribution in [-0.4, -0.2) is 6.54 Å². The monoisotopic (exact) mass is 215 g/mol. The number of hydrogen-bond acceptors (Lipinski definition) is 1. The van der Waals surface area contributed by atoms with Crippen LogP contribution < -0.4 is 5.32 Å². The van der Waals surface area contributed by atoms with Crippen LogP contribution in [0.25, 0.3) is 0 Å². The average Bonchev–Trinajstić information content (AvgIpc) is 2.87. The van der Waals surface area contributed by atoms with Crippen LogP contribution in [0.2, 0.25) is 10.0 Å². The summed E-state index contributed by atoms with van der Waals surface area (Å²) in [6, 6.07) is 5.55. The molecule has 13 heavy (non-hydrogen) atoms. The fraction of sp³-hybridized carbons (Fsp3) is 0.400. The summed E-state index contributed by atoms with van der Waals surface area (Å²) in [6.45, 7) is 0.990. The van der Waals surface area contributed by atoms with Crippen molar-refractivity contribution in [2.24, 2.45) is 5.92 Å². The Balaban J connectivity index is 2.07. The van der Waals surface area contributed by atoms with Crippen LogP contribution in [0.3, 0.4) is 0 Å². The minimum Gasteiger partial charge on any atom is -0.382 e. The Bertz CT molecular complexity index is 288. The molecule has 2 rings (SSSR count). The number of rotatable bonds is 3. The lowest BCUT2D eigenvalue weighted by Crippen LogP contribution is -2.03. The van der Waals surface area contributed by atoms with E-state index in [9.17, 15) is 0 Å². The van der Waals surface area contributed by atoms with Gasteiger partial charge in [-0.15, -0.1) is 0 Å². The van der Waals surface area contributed by atoms with Gasteiger partial charge in [0, 0.05) is 6.54 Å². The third-order valence-electron chi connectivity index (χ3n) is 2.23. The molecule has 0 radical (unpaired) electrons. The average molecular weight is 216 g/mol. The summed E-state index contributed by atoms with van der Waals surface area (Å²) >= 11 is 12.0. The molecule has 3 heteroatoms. The van der Waals surface area contributed by atoms with Crippen molar-refractivity contribution in [3.05, 3.63) is 28.2 Å². The summed E-state index contributed by atoms with van der Waals surface area (Å²) < 4.78 is 0. The van der Waals surface area contributed by atoms with Gasteiger partial charge >= 0.3 is 0 Å².